The SMILES string of the molecule is Cc1noc(C)c1S(=O)(=O)N/N=C/c1ccc(Cl)cc1. The number of rotatable bonds is 4. The molecule has 6 nitrogen and oxygen atoms in total. The number of hydrazone groups is 1. The molecule has 0 fully saturated rings. The summed E-state index contributed by atoms with van der Waals surface area (Å²) in [5.74, 6) is 0.219. The number of aryl methyl sites for hydroxylation is 2. The van der Waals surface area contributed by atoms with Gasteiger partial charge in [-0.05, 0) is 31.5 Å². The first-order valence-corrected chi connectivity index (χ1v) is 7.49. The number of hydrogen-bond acceptors (Lipinski definition) is 5. The van der Waals surface area contributed by atoms with Crippen molar-refractivity contribution in [1.29, 1.82) is 0 Å². The van der Waals surface area contributed by atoms with Crippen molar-refractivity contribution in [3.8, 4) is 0 Å². The molecular weight excluding hydrogens is 302 g/mol. The molecule has 0 aliphatic rings. The fourth-order valence-corrected chi connectivity index (χ4v) is 2.87. The van der Waals surface area contributed by atoms with Gasteiger partial charge in [0, 0.05) is 5.02 Å². The Hall–Kier alpha value is -1.86. The molecule has 2 rings (SSSR count). The lowest BCUT2D eigenvalue weighted by Gasteiger charge is -2.01. The van der Waals surface area contributed by atoms with E-state index in [2.05, 4.69) is 15.1 Å². The van der Waals surface area contributed by atoms with Crippen molar-refractivity contribution in [2.75, 3.05) is 0 Å². The zero-order chi connectivity index (χ0) is 14.8. The Morgan fingerprint density at radius 1 is 1.30 bits per heavy atom. The Kier molecular flexibility index (Phi) is 4.10. The molecule has 0 unspecified atom stereocenters. The zero-order valence-electron chi connectivity index (χ0n) is 10.8. The van der Waals surface area contributed by atoms with Crippen LogP contribution in [0.5, 0.6) is 0 Å². The molecule has 0 atom stereocenters. The quantitative estimate of drug-likeness (QED) is 0.693. The number of aromatic nitrogens is 1. The highest BCUT2D eigenvalue weighted by Gasteiger charge is 2.23. The van der Waals surface area contributed by atoms with Crippen molar-refractivity contribution >= 4 is 27.8 Å². The summed E-state index contributed by atoms with van der Waals surface area (Å²) in [6.45, 7) is 3.07. The predicted molar refractivity (Wildman–Crippen MR) is 75.3 cm³/mol. The Morgan fingerprint density at radius 2 is 1.95 bits per heavy atom. The largest absolute Gasteiger partial charge is 0.360 e. The van der Waals surface area contributed by atoms with Crippen LogP contribution in [0.1, 0.15) is 17.0 Å². The smallest absolute Gasteiger partial charge is 0.282 e. The lowest BCUT2D eigenvalue weighted by Crippen LogP contribution is -2.19. The number of benzene rings is 1. The minimum absolute atomic E-state index is 0.00533. The highest BCUT2D eigenvalue weighted by atomic mass is 35.5. The monoisotopic (exact) mass is 313 g/mol. The van der Waals surface area contributed by atoms with Gasteiger partial charge in [-0.25, -0.2) is 0 Å². The number of sulfonamides is 1. The van der Waals surface area contributed by atoms with E-state index >= 15 is 0 Å². The third kappa shape index (κ3) is 3.17. The van der Waals surface area contributed by atoms with Crippen molar-refractivity contribution in [2.45, 2.75) is 18.7 Å². The first-order valence-electron chi connectivity index (χ1n) is 5.63. The van der Waals surface area contributed by atoms with E-state index in [1.807, 2.05) is 0 Å². The fraction of sp³-hybridized carbons (Fsp3) is 0.167. The van der Waals surface area contributed by atoms with Crippen LogP contribution >= 0.6 is 11.6 Å². The first-order chi connectivity index (χ1) is 9.40. The van der Waals surface area contributed by atoms with E-state index in [4.69, 9.17) is 16.1 Å². The molecule has 1 N–H and O–H groups in total. The third-order valence-electron chi connectivity index (χ3n) is 2.49. The van der Waals surface area contributed by atoms with E-state index in [0.717, 1.165) is 5.56 Å². The maximum absolute atomic E-state index is 12.0. The molecule has 1 aromatic carbocycles. The first kappa shape index (κ1) is 14.5. The summed E-state index contributed by atoms with van der Waals surface area (Å²) in [5, 5.41) is 7.90. The van der Waals surface area contributed by atoms with Crippen LogP contribution in [0, 0.1) is 13.8 Å². The third-order valence-corrected chi connectivity index (χ3v) is 4.21. The molecule has 0 saturated carbocycles. The maximum Gasteiger partial charge on any atom is 0.282 e. The van der Waals surface area contributed by atoms with Crippen molar-refractivity contribution in [1.82, 2.24) is 9.99 Å². The highest BCUT2D eigenvalue weighted by molar-refractivity contribution is 7.89. The van der Waals surface area contributed by atoms with Gasteiger partial charge in [0.25, 0.3) is 10.0 Å². The van der Waals surface area contributed by atoms with Crippen LogP contribution in [0.2, 0.25) is 5.02 Å². The second kappa shape index (κ2) is 5.64. The molecule has 1 heterocycles. The van der Waals surface area contributed by atoms with E-state index in [1.165, 1.54) is 13.1 Å². The van der Waals surface area contributed by atoms with Gasteiger partial charge in [0.1, 0.15) is 5.69 Å². The lowest BCUT2D eigenvalue weighted by molar-refractivity contribution is 0.390. The molecule has 0 aliphatic heterocycles. The van der Waals surface area contributed by atoms with Crippen LogP contribution in [0.15, 0.2) is 38.8 Å². The van der Waals surface area contributed by atoms with E-state index in [0.29, 0.717) is 5.02 Å². The van der Waals surface area contributed by atoms with E-state index < -0.39 is 10.0 Å². The van der Waals surface area contributed by atoms with Gasteiger partial charge in [-0.2, -0.15) is 18.4 Å². The van der Waals surface area contributed by atoms with Crippen LogP contribution in [0.3, 0.4) is 0 Å². The summed E-state index contributed by atoms with van der Waals surface area (Å²) in [5.41, 5.74) is 1.01. The van der Waals surface area contributed by atoms with Gasteiger partial charge in [0.15, 0.2) is 10.7 Å². The van der Waals surface area contributed by atoms with Crippen LogP contribution in [0.4, 0.5) is 0 Å². The standard InChI is InChI=1S/C12H12ClN3O3S/c1-8-12(9(2)19-15-8)20(17,18)16-14-7-10-3-5-11(13)6-4-10/h3-7,16H,1-2H3/b14-7+. The average molecular weight is 314 g/mol. The van der Waals surface area contributed by atoms with Crippen LogP contribution in [0.25, 0.3) is 0 Å². The van der Waals surface area contributed by atoms with Gasteiger partial charge in [-0.1, -0.05) is 28.9 Å². The summed E-state index contributed by atoms with van der Waals surface area (Å²) in [6.07, 6.45) is 1.38. The van der Waals surface area contributed by atoms with Crippen LogP contribution in [-0.4, -0.2) is 19.8 Å². The Morgan fingerprint density at radius 3 is 2.50 bits per heavy atom. The molecule has 8 heteroatoms. The van der Waals surface area contributed by atoms with Crippen molar-refractivity contribution in [2.24, 2.45) is 5.10 Å². The molecule has 0 aliphatic carbocycles. The number of hydrogen-bond donors (Lipinski definition) is 1. The summed E-state index contributed by atoms with van der Waals surface area (Å²) in [7, 11) is -3.79. The van der Waals surface area contributed by atoms with Crippen LogP contribution in [-0.2, 0) is 10.0 Å². The van der Waals surface area contributed by atoms with Gasteiger partial charge in [-0.3, -0.25) is 0 Å². The van der Waals surface area contributed by atoms with Crippen molar-refractivity contribution in [3.63, 3.8) is 0 Å². The van der Waals surface area contributed by atoms with Crippen molar-refractivity contribution < 1.29 is 12.9 Å². The molecular formula is C12H12ClN3O3S. The van der Waals surface area contributed by atoms with Crippen LogP contribution < -0.4 is 4.83 Å². The molecule has 20 heavy (non-hydrogen) atoms. The second-order valence-electron chi connectivity index (χ2n) is 4.06. The summed E-state index contributed by atoms with van der Waals surface area (Å²) in [6, 6.07) is 6.81. The number of nitrogens with zero attached hydrogens (tertiary/aromatic N) is 2. The Bertz CT molecular complexity index is 716. The van der Waals surface area contributed by atoms with Gasteiger partial charge in [-0.15, -0.1) is 0 Å². The van der Waals surface area contributed by atoms with E-state index in [-0.39, 0.29) is 16.3 Å². The summed E-state index contributed by atoms with van der Waals surface area (Å²) >= 11 is 5.75. The average Bonchev–Trinajstić information content (AvgIpc) is 2.72. The molecule has 0 spiro atoms. The van der Waals surface area contributed by atoms with Crippen molar-refractivity contribution in [3.05, 3.63) is 46.3 Å². The maximum atomic E-state index is 12.0. The Balaban J connectivity index is 2.16. The molecule has 0 saturated heterocycles. The molecule has 0 bridgehead atoms. The molecule has 0 radical (unpaired) electrons. The van der Waals surface area contributed by atoms with Gasteiger partial charge in [0.2, 0.25) is 0 Å². The second-order valence-corrected chi connectivity index (χ2v) is 6.09. The Labute approximate surface area is 121 Å². The molecule has 1 aromatic heterocycles. The molecule has 106 valence electrons. The summed E-state index contributed by atoms with van der Waals surface area (Å²) in [4.78, 5) is 2.12. The number of halogens is 1. The minimum Gasteiger partial charge on any atom is -0.360 e. The normalized spacial score (nSPS) is 11.9. The lowest BCUT2D eigenvalue weighted by atomic mass is 10.2. The fourth-order valence-electron chi connectivity index (χ4n) is 1.62. The minimum atomic E-state index is -3.79. The molecule has 0 amide bonds. The number of nitrogens with one attached hydrogen (secondary N) is 1. The highest BCUT2D eigenvalue weighted by Crippen LogP contribution is 2.18. The van der Waals surface area contributed by atoms with Gasteiger partial charge < -0.3 is 4.52 Å². The zero-order valence-corrected chi connectivity index (χ0v) is 12.4. The summed E-state index contributed by atoms with van der Waals surface area (Å²) < 4.78 is 28.9. The van der Waals surface area contributed by atoms with Gasteiger partial charge in [0.05, 0.1) is 6.21 Å². The van der Waals surface area contributed by atoms with E-state index in [1.54, 1.807) is 31.2 Å². The predicted octanol–water partition coefficient (Wildman–Crippen LogP) is 2.26. The van der Waals surface area contributed by atoms with Gasteiger partial charge >= 0.3 is 0 Å². The van der Waals surface area contributed by atoms with E-state index in [9.17, 15) is 8.42 Å². The topological polar surface area (TPSA) is 84.6 Å². The molecule has 2 aromatic rings.